The molecule has 0 aromatic heterocycles. The number of hydrogen-bond acceptors (Lipinski definition) is 4. The summed E-state index contributed by atoms with van der Waals surface area (Å²) in [7, 11) is 0. The van der Waals surface area contributed by atoms with E-state index in [1.165, 1.54) is 0 Å². The molecule has 0 radical (unpaired) electrons. The minimum absolute atomic E-state index is 0.0964. The second kappa shape index (κ2) is 8.12. The van der Waals surface area contributed by atoms with Crippen molar-refractivity contribution in [2.45, 2.75) is 33.4 Å². The molecule has 1 atom stereocenters. The van der Waals surface area contributed by atoms with Gasteiger partial charge in [-0.3, -0.25) is 4.79 Å². The highest BCUT2D eigenvalue weighted by Gasteiger charge is 2.22. The van der Waals surface area contributed by atoms with E-state index in [0.717, 1.165) is 28.1 Å². The molecule has 1 fully saturated rings. The molecule has 27 heavy (non-hydrogen) atoms. The molecule has 2 N–H and O–H groups in total. The Morgan fingerprint density at radius 2 is 1.89 bits per heavy atom. The number of amides is 2. The van der Waals surface area contributed by atoms with E-state index in [2.05, 4.69) is 10.6 Å². The first-order chi connectivity index (χ1) is 12.9. The van der Waals surface area contributed by atoms with Crippen molar-refractivity contribution < 1.29 is 14.3 Å². The average Bonchev–Trinajstić information content (AvgIpc) is 3.03. The molecular weight excluding hydrogens is 342 g/mol. The summed E-state index contributed by atoms with van der Waals surface area (Å²) in [6.45, 7) is 7.32. The molecule has 142 valence electrons. The molecule has 0 unspecified atom stereocenters. The Balaban J connectivity index is 1.63. The third-order valence-electron chi connectivity index (χ3n) is 4.65. The number of nitrogens with one attached hydrogen (secondary N) is 2. The Hall–Kier alpha value is -3.02. The summed E-state index contributed by atoms with van der Waals surface area (Å²) in [5, 5.41) is 6.24. The molecule has 0 saturated carbocycles. The number of carbonyl (C=O) groups excluding carboxylic acids is 2. The second-order valence-electron chi connectivity index (χ2n) is 6.86. The minimum atomic E-state index is -0.406. The van der Waals surface area contributed by atoms with Crippen molar-refractivity contribution in [2.24, 2.45) is 0 Å². The van der Waals surface area contributed by atoms with Crippen LogP contribution in [0.25, 0.3) is 0 Å². The maximum absolute atomic E-state index is 12.6. The van der Waals surface area contributed by atoms with E-state index in [0.29, 0.717) is 19.7 Å². The molecule has 6 nitrogen and oxygen atoms in total. The number of hydrogen-bond donors (Lipinski definition) is 2. The Bertz CT molecular complexity index is 830. The van der Waals surface area contributed by atoms with Gasteiger partial charge in [0, 0.05) is 17.9 Å². The number of aryl methyl sites for hydroxylation is 2. The molecule has 6 heteroatoms. The van der Waals surface area contributed by atoms with E-state index in [1.54, 1.807) is 4.90 Å². The van der Waals surface area contributed by atoms with E-state index in [4.69, 9.17) is 4.74 Å². The number of ether oxygens (including phenoxy) is 1. The number of cyclic esters (lactones) is 1. The molecule has 1 aliphatic rings. The van der Waals surface area contributed by atoms with Crippen molar-refractivity contribution in [1.29, 1.82) is 0 Å². The van der Waals surface area contributed by atoms with Crippen LogP contribution in [0.2, 0.25) is 0 Å². The van der Waals surface area contributed by atoms with Crippen LogP contribution in [-0.4, -0.2) is 36.1 Å². The average molecular weight is 367 g/mol. The molecule has 2 aromatic rings. The number of rotatable bonds is 6. The largest absolute Gasteiger partial charge is 0.448 e. The van der Waals surface area contributed by atoms with Gasteiger partial charge in [0.05, 0.1) is 6.54 Å². The van der Waals surface area contributed by atoms with Crippen LogP contribution in [-0.2, 0) is 16.1 Å². The van der Waals surface area contributed by atoms with Crippen molar-refractivity contribution in [3.63, 3.8) is 0 Å². The van der Waals surface area contributed by atoms with Gasteiger partial charge in [-0.15, -0.1) is 0 Å². The maximum atomic E-state index is 12.6. The quantitative estimate of drug-likeness (QED) is 0.817. The van der Waals surface area contributed by atoms with Gasteiger partial charge in [-0.05, 0) is 49.6 Å². The Morgan fingerprint density at radius 3 is 2.56 bits per heavy atom. The van der Waals surface area contributed by atoms with Gasteiger partial charge in [0.2, 0.25) is 5.91 Å². The lowest BCUT2D eigenvalue weighted by molar-refractivity contribution is -0.116. The molecule has 1 aliphatic heterocycles. The highest BCUT2D eigenvalue weighted by Crippen LogP contribution is 2.20. The van der Waals surface area contributed by atoms with Crippen LogP contribution < -0.4 is 10.6 Å². The number of benzene rings is 2. The lowest BCUT2D eigenvalue weighted by Gasteiger charge is -2.18. The predicted octanol–water partition coefficient (Wildman–Crippen LogP) is 3.69. The molecule has 1 heterocycles. The van der Waals surface area contributed by atoms with Crippen molar-refractivity contribution in [3.05, 3.63) is 59.2 Å². The fourth-order valence-electron chi connectivity index (χ4n) is 3.11. The van der Waals surface area contributed by atoms with Gasteiger partial charge < -0.3 is 20.3 Å². The minimum Gasteiger partial charge on any atom is -0.448 e. The van der Waals surface area contributed by atoms with Gasteiger partial charge in [0.25, 0.3) is 0 Å². The lowest BCUT2D eigenvalue weighted by Crippen LogP contribution is -2.32. The Morgan fingerprint density at radius 1 is 1.19 bits per heavy atom. The fourth-order valence-corrected chi connectivity index (χ4v) is 3.11. The van der Waals surface area contributed by atoms with E-state index in [9.17, 15) is 9.59 Å². The lowest BCUT2D eigenvalue weighted by atomic mass is 10.1. The van der Waals surface area contributed by atoms with Crippen LogP contribution in [0.1, 0.15) is 23.6 Å². The smallest absolute Gasteiger partial charge is 0.410 e. The molecule has 0 aliphatic carbocycles. The summed E-state index contributed by atoms with van der Waals surface area (Å²) < 4.78 is 4.96. The molecule has 1 saturated heterocycles. The maximum Gasteiger partial charge on any atom is 0.410 e. The van der Waals surface area contributed by atoms with Crippen molar-refractivity contribution in [1.82, 2.24) is 4.90 Å². The van der Waals surface area contributed by atoms with Crippen LogP contribution in [0.5, 0.6) is 0 Å². The number of anilines is 2. The van der Waals surface area contributed by atoms with Gasteiger partial charge >= 0.3 is 6.09 Å². The van der Waals surface area contributed by atoms with Crippen LogP contribution >= 0.6 is 0 Å². The molecule has 2 amide bonds. The zero-order chi connectivity index (χ0) is 19.4. The van der Waals surface area contributed by atoms with Crippen LogP contribution in [0, 0.1) is 13.8 Å². The summed E-state index contributed by atoms with van der Waals surface area (Å²) in [5.74, 6) is -0.0964. The first-order valence-electron chi connectivity index (χ1n) is 9.08. The van der Waals surface area contributed by atoms with Gasteiger partial charge in [-0.2, -0.15) is 0 Å². The third kappa shape index (κ3) is 4.58. The van der Waals surface area contributed by atoms with E-state index < -0.39 is 6.04 Å². The normalized spacial score (nSPS) is 14.6. The highest BCUT2D eigenvalue weighted by molar-refractivity contribution is 5.97. The summed E-state index contributed by atoms with van der Waals surface area (Å²) in [4.78, 5) is 25.8. The first-order valence-corrected chi connectivity index (χ1v) is 9.08. The first kappa shape index (κ1) is 18.8. The standard InChI is InChI=1S/C21H25N3O3/c1-14-6-4-7-15(2)19(14)23-20(25)16(3)22-18-9-5-8-17(12-18)13-24-10-11-27-21(24)26/h4-9,12,16,22H,10-11,13H2,1-3H3,(H,23,25)/t16-/m0/s1. The van der Waals surface area contributed by atoms with E-state index >= 15 is 0 Å². The molecule has 0 bridgehead atoms. The number of nitrogens with zero attached hydrogens (tertiary/aromatic N) is 1. The van der Waals surface area contributed by atoms with E-state index in [-0.39, 0.29) is 12.0 Å². The molecule has 2 aromatic carbocycles. The van der Waals surface area contributed by atoms with Crippen LogP contribution in [0.15, 0.2) is 42.5 Å². The highest BCUT2D eigenvalue weighted by atomic mass is 16.6. The van der Waals surface area contributed by atoms with Gasteiger partial charge in [-0.25, -0.2) is 4.79 Å². The zero-order valence-electron chi connectivity index (χ0n) is 15.9. The Kier molecular flexibility index (Phi) is 5.64. The summed E-state index contributed by atoms with van der Waals surface area (Å²) in [6.07, 6.45) is -0.283. The predicted molar refractivity (Wildman–Crippen MR) is 106 cm³/mol. The van der Waals surface area contributed by atoms with Crippen LogP contribution in [0.4, 0.5) is 16.2 Å². The van der Waals surface area contributed by atoms with Crippen molar-refractivity contribution >= 4 is 23.4 Å². The summed E-state index contributed by atoms with van der Waals surface area (Å²) >= 11 is 0. The number of carbonyl (C=O) groups is 2. The molecular formula is C21H25N3O3. The summed E-state index contributed by atoms with van der Waals surface area (Å²) in [5.41, 5.74) is 4.76. The monoisotopic (exact) mass is 367 g/mol. The molecule has 0 spiro atoms. The number of para-hydroxylation sites is 1. The molecule has 3 rings (SSSR count). The summed E-state index contributed by atoms with van der Waals surface area (Å²) in [6, 6.07) is 13.3. The van der Waals surface area contributed by atoms with Crippen molar-refractivity contribution in [2.75, 3.05) is 23.8 Å². The van der Waals surface area contributed by atoms with Gasteiger partial charge in [-0.1, -0.05) is 30.3 Å². The Labute approximate surface area is 159 Å². The second-order valence-corrected chi connectivity index (χ2v) is 6.86. The van der Waals surface area contributed by atoms with Crippen molar-refractivity contribution in [3.8, 4) is 0 Å². The fraction of sp³-hybridized carbons (Fsp3) is 0.333. The van der Waals surface area contributed by atoms with Gasteiger partial charge in [0.15, 0.2) is 0 Å². The SMILES string of the molecule is Cc1cccc(C)c1NC(=O)[C@H](C)Nc1cccc(CN2CCOC2=O)c1. The topological polar surface area (TPSA) is 70.7 Å². The van der Waals surface area contributed by atoms with E-state index in [1.807, 2.05) is 63.2 Å². The van der Waals surface area contributed by atoms with Gasteiger partial charge in [0.1, 0.15) is 12.6 Å². The third-order valence-corrected chi connectivity index (χ3v) is 4.65. The van der Waals surface area contributed by atoms with Crippen LogP contribution in [0.3, 0.4) is 0 Å². The zero-order valence-corrected chi connectivity index (χ0v) is 15.9.